The summed E-state index contributed by atoms with van der Waals surface area (Å²) in [4.78, 5) is 4.82. The van der Waals surface area contributed by atoms with Gasteiger partial charge in [0.2, 0.25) is 0 Å². The van der Waals surface area contributed by atoms with Crippen LogP contribution in [0.2, 0.25) is 0 Å². The Labute approximate surface area is 274 Å². The Morgan fingerprint density at radius 2 is 1.58 bits per heavy atom. The van der Waals surface area contributed by atoms with Crippen LogP contribution >= 0.6 is 0 Å². The van der Waals surface area contributed by atoms with Crippen LogP contribution in [0.3, 0.4) is 0 Å². The number of aromatic nitrogens is 4. The summed E-state index contributed by atoms with van der Waals surface area (Å²) < 4.78 is 14.7. The van der Waals surface area contributed by atoms with Crippen LogP contribution in [0.5, 0.6) is 11.5 Å². The molecule has 0 aliphatic heterocycles. The van der Waals surface area contributed by atoms with E-state index in [4.69, 9.17) is 9.72 Å². The number of rotatable bonds is 4. The normalized spacial score (nSPS) is 15.2. The van der Waals surface area contributed by atoms with Crippen molar-refractivity contribution in [3.05, 3.63) is 124 Å². The third-order valence-electron chi connectivity index (χ3n) is 9.17. The number of imidazole rings is 1. The SMILES string of the molecule is Cn1[c](=[Pt])n(C2CCCc3ccc(Oc4[c-]c5c(cc4)c4ccccc4n5-c4cc(C(C)(C)C)ccn4)[c-]c32)c2ccccc21. The Balaban J connectivity index is 1.22. The molecule has 7 aromatic rings. The molecule has 4 aromatic carbocycles. The van der Waals surface area contributed by atoms with Gasteiger partial charge < -0.3 is 0 Å². The van der Waals surface area contributed by atoms with Crippen LogP contribution in [-0.2, 0) is 38.2 Å². The van der Waals surface area contributed by atoms with Gasteiger partial charge in [-0.1, -0.05) is 39.0 Å². The zero-order valence-electron chi connectivity index (χ0n) is 25.9. The van der Waals surface area contributed by atoms with Gasteiger partial charge in [0.1, 0.15) is 0 Å². The molecule has 3 heterocycles. The molecular weight excluding hydrogens is 736 g/mol. The number of ether oxygens (including phenoxy) is 1. The van der Waals surface area contributed by atoms with Gasteiger partial charge in [-0.2, -0.15) is 0 Å². The van der Waals surface area contributed by atoms with E-state index in [0.29, 0.717) is 11.5 Å². The first kappa shape index (κ1) is 28.3. The summed E-state index contributed by atoms with van der Waals surface area (Å²) in [5.74, 6) is 2.25. The van der Waals surface area contributed by atoms with Crippen molar-refractivity contribution in [3.63, 3.8) is 0 Å². The summed E-state index contributed by atoms with van der Waals surface area (Å²) in [7, 11) is 2.15. The maximum absolute atomic E-state index is 6.56. The van der Waals surface area contributed by atoms with Crippen LogP contribution < -0.4 is 4.74 Å². The van der Waals surface area contributed by atoms with Crippen LogP contribution in [0.1, 0.15) is 56.3 Å². The van der Waals surface area contributed by atoms with E-state index in [1.165, 1.54) is 36.9 Å². The first-order chi connectivity index (χ1) is 21.8. The minimum absolute atomic E-state index is 0.0109. The number of fused-ring (bicyclic) bond motifs is 5. The van der Waals surface area contributed by atoms with Crippen molar-refractivity contribution in [1.82, 2.24) is 18.7 Å². The van der Waals surface area contributed by atoms with E-state index in [2.05, 4.69) is 152 Å². The Hall–Kier alpha value is -4.21. The standard InChI is InChI=1S/C39H34N4O.Pt/c1-39(2,3)27-20-21-40-38(22-27)43-34-12-6-5-11-30(34)31-19-18-29(24-37(31)43)44-28-17-16-26-10-9-15-33(32(26)23-28)42-25-41(4)35-13-7-8-14-36(35)42;/h5-8,11-14,16-22,33H,9-10,15H2,1-4H3;/q-2;. The number of benzene rings is 4. The average molecular weight is 770 g/mol. The molecule has 0 bridgehead atoms. The summed E-state index contributed by atoms with van der Waals surface area (Å²) in [6.45, 7) is 6.69. The first-order valence-corrected chi connectivity index (χ1v) is 16.7. The molecule has 228 valence electrons. The molecule has 0 spiro atoms. The van der Waals surface area contributed by atoms with Gasteiger partial charge in [0.25, 0.3) is 0 Å². The van der Waals surface area contributed by atoms with E-state index in [9.17, 15) is 0 Å². The van der Waals surface area contributed by atoms with E-state index in [-0.39, 0.29) is 11.5 Å². The van der Waals surface area contributed by atoms with Crippen LogP contribution in [0, 0.1) is 15.9 Å². The van der Waals surface area contributed by atoms with Crippen molar-refractivity contribution in [2.75, 3.05) is 0 Å². The predicted octanol–water partition coefficient (Wildman–Crippen LogP) is 9.17. The minimum atomic E-state index is 0.0109. The fourth-order valence-corrected chi connectivity index (χ4v) is 7.77. The van der Waals surface area contributed by atoms with Crippen molar-refractivity contribution in [1.29, 1.82) is 0 Å². The van der Waals surface area contributed by atoms with Gasteiger partial charge in [-0.25, -0.2) is 4.98 Å². The molecule has 1 unspecified atom stereocenters. The van der Waals surface area contributed by atoms with Crippen molar-refractivity contribution in [2.45, 2.75) is 51.5 Å². The number of hydrogen-bond acceptors (Lipinski definition) is 2. The molecule has 8 rings (SSSR count). The van der Waals surface area contributed by atoms with Gasteiger partial charge in [-0.05, 0) is 29.2 Å². The van der Waals surface area contributed by atoms with E-state index in [1.807, 2.05) is 12.3 Å². The molecule has 0 saturated heterocycles. The quantitative estimate of drug-likeness (QED) is 0.168. The molecule has 6 heteroatoms. The summed E-state index contributed by atoms with van der Waals surface area (Å²) in [6, 6.07) is 37.4. The van der Waals surface area contributed by atoms with Crippen LogP contribution in [0.25, 0.3) is 38.7 Å². The van der Waals surface area contributed by atoms with Crippen molar-refractivity contribution < 1.29 is 24.1 Å². The van der Waals surface area contributed by atoms with E-state index >= 15 is 0 Å². The van der Waals surface area contributed by atoms with Gasteiger partial charge in [0.15, 0.2) is 0 Å². The van der Waals surface area contributed by atoms with Gasteiger partial charge in [-0.3, -0.25) is 0 Å². The molecule has 0 amide bonds. The first-order valence-electron chi connectivity index (χ1n) is 15.5. The molecule has 1 aliphatic rings. The Kier molecular flexibility index (Phi) is 6.72. The van der Waals surface area contributed by atoms with Gasteiger partial charge >= 0.3 is 196 Å². The van der Waals surface area contributed by atoms with Gasteiger partial charge in [-0.15, -0.1) is 0 Å². The third kappa shape index (κ3) is 4.71. The van der Waals surface area contributed by atoms with Crippen LogP contribution in [-0.4, -0.2) is 18.7 Å². The number of nitrogens with zero attached hydrogens (tertiary/aromatic N) is 4. The maximum atomic E-state index is 6.56. The molecule has 45 heavy (non-hydrogen) atoms. The number of pyridine rings is 1. The summed E-state index contributed by atoms with van der Waals surface area (Å²) in [6.07, 6.45) is 5.19. The molecule has 5 nitrogen and oxygen atoms in total. The summed E-state index contributed by atoms with van der Waals surface area (Å²) in [5, 5.41) is 2.29. The van der Waals surface area contributed by atoms with Gasteiger partial charge in [0, 0.05) is 6.20 Å². The molecule has 3 aromatic heterocycles. The molecular formula is C39H34N4OPt-2. The zero-order chi connectivity index (χ0) is 30.9. The average Bonchev–Trinajstić information content (AvgIpc) is 3.51. The summed E-state index contributed by atoms with van der Waals surface area (Å²) >= 11 is 2.46. The van der Waals surface area contributed by atoms with E-state index in [0.717, 1.165) is 41.5 Å². The fourth-order valence-electron chi connectivity index (χ4n) is 6.87. The van der Waals surface area contributed by atoms with Crippen molar-refractivity contribution >= 4 is 32.8 Å². The number of hydrogen-bond donors (Lipinski definition) is 0. The Morgan fingerprint density at radius 3 is 2.40 bits per heavy atom. The number of aryl methyl sites for hydroxylation is 2. The Bertz CT molecular complexity index is 2320. The summed E-state index contributed by atoms with van der Waals surface area (Å²) in [5.41, 5.74) is 8.35. The molecule has 1 atom stereocenters. The van der Waals surface area contributed by atoms with E-state index < -0.39 is 0 Å². The predicted molar refractivity (Wildman–Crippen MR) is 177 cm³/mol. The molecule has 0 radical (unpaired) electrons. The van der Waals surface area contributed by atoms with Crippen LogP contribution in [0.4, 0.5) is 0 Å². The molecule has 0 fully saturated rings. The molecule has 0 N–H and O–H groups in total. The zero-order valence-corrected chi connectivity index (χ0v) is 28.1. The fraction of sp³-hybridized carbons (Fsp3) is 0.231. The topological polar surface area (TPSA) is 36.9 Å². The second kappa shape index (κ2) is 10.7. The molecule has 0 saturated carbocycles. The second-order valence-corrected chi connectivity index (χ2v) is 14.0. The van der Waals surface area contributed by atoms with Crippen molar-refractivity contribution in [3.8, 4) is 17.3 Å². The van der Waals surface area contributed by atoms with Crippen molar-refractivity contribution in [2.24, 2.45) is 7.05 Å². The Morgan fingerprint density at radius 1 is 0.844 bits per heavy atom. The number of para-hydroxylation sites is 3. The monoisotopic (exact) mass is 769 g/mol. The van der Waals surface area contributed by atoms with E-state index in [1.54, 1.807) is 0 Å². The van der Waals surface area contributed by atoms with Crippen LogP contribution in [0.15, 0.2) is 91.1 Å². The van der Waals surface area contributed by atoms with Gasteiger partial charge in [0.05, 0.1) is 0 Å². The second-order valence-electron chi connectivity index (χ2n) is 13.0. The third-order valence-corrected chi connectivity index (χ3v) is 10.5. The molecule has 1 aliphatic carbocycles.